The maximum Gasteiger partial charge on any atom is 0.250 e. The molecule has 0 fully saturated rings. The van der Waals surface area contributed by atoms with Crippen molar-refractivity contribution in [3.8, 4) is 11.6 Å². The van der Waals surface area contributed by atoms with Crippen LogP contribution in [-0.2, 0) is 11.3 Å². The van der Waals surface area contributed by atoms with E-state index < -0.39 is 5.91 Å². The van der Waals surface area contributed by atoms with Crippen LogP contribution in [0.1, 0.15) is 15.9 Å². The van der Waals surface area contributed by atoms with Gasteiger partial charge < -0.3 is 15.5 Å². The van der Waals surface area contributed by atoms with Gasteiger partial charge >= 0.3 is 0 Å². The molecule has 31 heavy (non-hydrogen) atoms. The fraction of sp³-hybridized carbons (Fsp3) is 0.0909. The number of benzene rings is 2. The Balaban J connectivity index is 1.52. The molecule has 0 saturated heterocycles. The second-order valence-electron chi connectivity index (χ2n) is 6.60. The second kappa shape index (κ2) is 9.31. The Hall–Kier alpha value is -3.85. The Labute approximate surface area is 182 Å². The minimum Gasteiger partial charge on any atom is -0.461 e. The molecule has 0 saturated carbocycles. The minimum absolute atomic E-state index is 0.0815. The summed E-state index contributed by atoms with van der Waals surface area (Å²) in [6.45, 7) is 0.526. The number of furan rings is 1. The van der Waals surface area contributed by atoms with Gasteiger partial charge in [-0.05, 0) is 29.8 Å². The van der Waals surface area contributed by atoms with Gasteiger partial charge in [-0.25, -0.2) is 0 Å². The van der Waals surface area contributed by atoms with Crippen molar-refractivity contribution in [2.24, 2.45) is 5.73 Å². The number of thioether (sulfide) groups is 1. The fourth-order valence-corrected chi connectivity index (χ4v) is 3.75. The molecule has 2 aromatic heterocycles. The van der Waals surface area contributed by atoms with E-state index in [4.69, 9.17) is 10.2 Å². The molecule has 0 aliphatic carbocycles. The molecule has 156 valence electrons. The van der Waals surface area contributed by atoms with Crippen LogP contribution in [0, 0.1) is 0 Å². The average Bonchev–Trinajstić information content (AvgIpc) is 3.43. The summed E-state index contributed by atoms with van der Waals surface area (Å²) >= 11 is 1.25. The van der Waals surface area contributed by atoms with Crippen LogP contribution < -0.4 is 11.1 Å². The summed E-state index contributed by atoms with van der Waals surface area (Å²) in [4.78, 5) is 24.1. The van der Waals surface area contributed by atoms with E-state index in [2.05, 4.69) is 15.5 Å². The first-order chi connectivity index (χ1) is 15.1. The van der Waals surface area contributed by atoms with Crippen LogP contribution in [-0.4, -0.2) is 32.3 Å². The van der Waals surface area contributed by atoms with E-state index in [1.54, 1.807) is 36.6 Å². The Morgan fingerprint density at radius 3 is 2.52 bits per heavy atom. The van der Waals surface area contributed by atoms with Crippen molar-refractivity contribution in [1.82, 2.24) is 14.8 Å². The summed E-state index contributed by atoms with van der Waals surface area (Å²) in [7, 11) is 0. The Morgan fingerprint density at radius 1 is 1.00 bits per heavy atom. The number of primary amides is 1. The summed E-state index contributed by atoms with van der Waals surface area (Å²) in [5.41, 5.74) is 7.07. The number of nitrogens with zero attached hydrogens (tertiary/aromatic N) is 3. The highest BCUT2D eigenvalue weighted by atomic mass is 32.2. The Bertz CT molecular complexity index is 1190. The van der Waals surface area contributed by atoms with Crippen LogP contribution in [0.5, 0.6) is 0 Å². The van der Waals surface area contributed by atoms with Crippen LogP contribution in [0.3, 0.4) is 0 Å². The largest absolute Gasteiger partial charge is 0.461 e. The number of nitrogens with one attached hydrogen (secondary N) is 1. The molecule has 0 atom stereocenters. The maximum absolute atomic E-state index is 12.5. The molecule has 0 unspecified atom stereocenters. The zero-order valence-electron chi connectivity index (χ0n) is 16.4. The van der Waals surface area contributed by atoms with Crippen molar-refractivity contribution in [1.29, 1.82) is 0 Å². The number of anilines is 1. The third-order valence-corrected chi connectivity index (χ3v) is 5.41. The zero-order valence-corrected chi connectivity index (χ0v) is 17.2. The Morgan fingerprint density at radius 2 is 1.77 bits per heavy atom. The molecule has 3 N–H and O–H groups in total. The van der Waals surface area contributed by atoms with Crippen molar-refractivity contribution >= 4 is 29.3 Å². The molecular formula is C22H19N5O3S. The lowest BCUT2D eigenvalue weighted by atomic mass is 10.1. The van der Waals surface area contributed by atoms with Crippen molar-refractivity contribution in [2.45, 2.75) is 11.7 Å². The first-order valence-corrected chi connectivity index (χ1v) is 10.4. The van der Waals surface area contributed by atoms with Gasteiger partial charge in [0, 0.05) is 0 Å². The highest BCUT2D eigenvalue weighted by Gasteiger charge is 2.18. The van der Waals surface area contributed by atoms with Gasteiger partial charge in [-0.1, -0.05) is 54.2 Å². The second-order valence-corrected chi connectivity index (χ2v) is 7.54. The van der Waals surface area contributed by atoms with Crippen molar-refractivity contribution < 1.29 is 14.0 Å². The maximum atomic E-state index is 12.5. The molecule has 0 radical (unpaired) electrons. The van der Waals surface area contributed by atoms with Crippen molar-refractivity contribution in [2.75, 3.05) is 11.1 Å². The number of rotatable bonds is 8. The molecule has 9 heteroatoms. The number of para-hydroxylation sites is 1. The summed E-state index contributed by atoms with van der Waals surface area (Å²) < 4.78 is 7.40. The van der Waals surface area contributed by atoms with Gasteiger partial charge in [0.2, 0.25) is 11.7 Å². The normalized spacial score (nSPS) is 10.7. The van der Waals surface area contributed by atoms with E-state index in [1.165, 1.54) is 11.8 Å². The van der Waals surface area contributed by atoms with Gasteiger partial charge in [0.15, 0.2) is 10.9 Å². The van der Waals surface area contributed by atoms with E-state index in [0.717, 1.165) is 5.56 Å². The summed E-state index contributed by atoms with van der Waals surface area (Å²) in [5, 5.41) is 11.8. The number of nitrogens with two attached hydrogens (primary N) is 1. The van der Waals surface area contributed by atoms with Crippen LogP contribution >= 0.6 is 11.8 Å². The van der Waals surface area contributed by atoms with E-state index in [-0.39, 0.29) is 17.2 Å². The summed E-state index contributed by atoms with van der Waals surface area (Å²) in [5.74, 6) is 0.366. The van der Waals surface area contributed by atoms with Crippen molar-refractivity contribution in [3.05, 3.63) is 84.1 Å². The SMILES string of the molecule is NC(=O)c1ccccc1NC(=O)CSc1nnc(-c2ccco2)n1Cc1ccccc1. The molecule has 0 aliphatic heterocycles. The zero-order chi connectivity index (χ0) is 21.6. The van der Waals surface area contributed by atoms with Crippen molar-refractivity contribution in [3.63, 3.8) is 0 Å². The van der Waals surface area contributed by atoms with Crippen LogP contribution in [0.4, 0.5) is 5.69 Å². The number of hydrogen-bond acceptors (Lipinski definition) is 6. The lowest BCUT2D eigenvalue weighted by Gasteiger charge is -2.10. The molecule has 4 rings (SSSR count). The lowest BCUT2D eigenvalue weighted by Crippen LogP contribution is -2.19. The molecule has 0 bridgehead atoms. The molecule has 2 aromatic carbocycles. The smallest absolute Gasteiger partial charge is 0.250 e. The van der Waals surface area contributed by atoms with Gasteiger partial charge in [-0.15, -0.1) is 10.2 Å². The molecular weight excluding hydrogens is 414 g/mol. The first kappa shape index (κ1) is 20.4. The standard InChI is InChI=1S/C22H19N5O3S/c23-20(29)16-9-4-5-10-17(16)24-19(28)14-31-22-26-25-21(18-11-6-12-30-18)27(22)13-15-7-2-1-3-8-15/h1-12H,13-14H2,(H2,23,29)(H,24,28). The van der Waals surface area contributed by atoms with E-state index in [9.17, 15) is 9.59 Å². The fourth-order valence-electron chi connectivity index (χ4n) is 3.02. The predicted octanol–water partition coefficient (Wildman–Crippen LogP) is 3.42. The average molecular weight is 433 g/mol. The van der Waals surface area contributed by atoms with Crippen LogP contribution in [0.15, 0.2) is 82.6 Å². The quantitative estimate of drug-likeness (QED) is 0.411. The number of carbonyl (C=O) groups is 2. The number of amides is 2. The highest BCUT2D eigenvalue weighted by molar-refractivity contribution is 7.99. The molecule has 8 nitrogen and oxygen atoms in total. The highest BCUT2D eigenvalue weighted by Crippen LogP contribution is 2.26. The van der Waals surface area contributed by atoms with Gasteiger partial charge in [0.1, 0.15) is 0 Å². The third kappa shape index (κ3) is 4.84. The molecule has 2 amide bonds. The van der Waals surface area contributed by atoms with Gasteiger partial charge in [0.05, 0.1) is 29.8 Å². The molecule has 4 aromatic rings. The van der Waals surface area contributed by atoms with E-state index in [0.29, 0.717) is 29.0 Å². The minimum atomic E-state index is -0.603. The van der Waals surface area contributed by atoms with Crippen LogP contribution in [0.25, 0.3) is 11.6 Å². The van der Waals surface area contributed by atoms with Crippen LogP contribution in [0.2, 0.25) is 0 Å². The van der Waals surface area contributed by atoms with Gasteiger partial charge in [-0.2, -0.15) is 0 Å². The van der Waals surface area contributed by atoms with E-state index >= 15 is 0 Å². The first-order valence-electron chi connectivity index (χ1n) is 9.44. The van der Waals surface area contributed by atoms with Gasteiger partial charge in [-0.3, -0.25) is 14.2 Å². The molecule has 0 spiro atoms. The lowest BCUT2D eigenvalue weighted by molar-refractivity contribution is -0.113. The molecule has 0 aliphatic rings. The van der Waals surface area contributed by atoms with E-state index in [1.807, 2.05) is 41.0 Å². The number of hydrogen-bond donors (Lipinski definition) is 2. The number of aromatic nitrogens is 3. The molecule has 2 heterocycles. The Kier molecular flexibility index (Phi) is 6.13. The van der Waals surface area contributed by atoms with Gasteiger partial charge in [0.25, 0.3) is 5.91 Å². The summed E-state index contributed by atoms with van der Waals surface area (Å²) in [6.07, 6.45) is 1.58. The predicted molar refractivity (Wildman–Crippen MR) is 118 cm³/mol. The number of carbonyl (C=O) groups excluding carboxylic acids is 2. The topological polar surface area (TPSA) is 116 Å². The third-order valence-electron chi connectivity index (χ3n) is 4.44. The summed E-state index contributed by atoms with van der Waals surface area (Å²) in [6, 6.07) is 20.1. The monoisotopic (exact) mass is 433 g/mol.